The van der Waals surface area contributed by atoms with E-state index in [9.17, 15) is 14.7 Å². The summed E-state index contributed by atoms with van der Waals surface area (Å²) in [5, 5.41) is 16.6. The highest BCUT2D eigenvalue weighted by Crippen LogP contribution is 2.31. The minimum atomic E-state index is -1.23. The predicted octanol–water partition coefficient (Wildman–Crippen LogP) is 4.34. The van der Waals surface area contributed by atoms with Gasteiger partial charge in [-0.3, -0.25) is 4.79 Å². The molecule has 0 spiro atoms. The van der Waals surface area contributed by atoms with Gasteiger partial charge in [-0.1, -0.05) is 42.7 Å². The molecule has 136 valence electrons. The Balaban J connectivity index is 0.00000312. The maximum Gasteiger partial charge on any atom is 0.375 e. The van der Waals surface area contributed by atoms with Crippen LogP contribution >= 0.6 is 24.0 Å². The number of amides is 1. The number of carbonyl (C=O) groups is 2. The van der Waals surface area contributed by atoms with Crippen LogP contribution in [-0.2, 0) is 4.79 Å². The number of carboxylic acid groups (broad SMARTS) is 1. The summed E-state index contributed by atoms with van der Waals surface area (Å²) in [4.78, 5) is 23.4. The molecule has 1 aromatic carbocycles. The molecular formula is C17H20Cl2N2O4. The van der Waals surface area contributed by atoms with Crippen molar-refractivity contribution in [1.29, 1.82) is 0 Å². The summed E-state index contributed by atoms with van der Waals surface area (Å²) in [5.74, 6) is -1.47. The molecule has 0 unspecified atom stereocenters. The summed E-state index contributed by atoms with van der Waals surface area (Å²) in [6.07, 6.45) is 0.355. The number of aromatic carboxylic acids is 1. The maximum absolute atomic E-state index is 12.0. The van der Waals surface area contributed by atoms with E-state index in [1.165, 1.54) is 0 Å². The summed E-state index contributed by atoms with van der Waals surface area (Å²) in [6, 6.07) is 6.24. The highest BCUT2D eigenvalue weighted by Gasteiger charge is 2.27. The molecule has 8 heteroatoms. The third kappa shape index (κ3) is 5.21. The Bertz CT molecular complexity index is 742. The first kappa shape index (κ1) is 21.0. The average molecular weight is 387 g/mol. The first-order valence-electron chi connectivity index (χ1n) is 7.57. The van der Waals surface area contributed by atoms with Crippen LogP contribution in [-0.4, -0.2) is 22.1 Å². The SMILES string of the molecule is CC(C)CC(=O)N[C@H](C)c1c(-c2ccc(Cl)cc2)noc1C(=O)O.Cl. The van der Waals surface area contributed by atoms with E-state index in [1.54, 1.807) is 31.2 Å². The van der Waals surface area contributed by atoms with Gasteiger partial charge in [0.15, 0.2) is 0 Å². The molecule has 6 nitrogen and oxygen atoms in total. The maximum atomic E-state index is 12.0. The second-order valence-corrected chi connectivity index (χ2v) is 6.41. The molecule has 0 bridgehead atoms. The van der Waals surface area contributed by atoms with Crippen LogP contribution in [0.25, 0.3) is 11.3 Å². The summed E-state index contributed by atoms with van der Waals surface area (Å²) in [6.45, 7) is 5.58. The van der Waals surface area contributed by atoms with Crippen molar-refractivity contribution in [1.82, 2.24) is 10.5 Å². The third-order valence-corrected chi connectivity index (χ3v) is 3.70. The number of nitrogens with one attached hydrogen (secondary N) is 1. The number of nitrogens with zero attached hydrogens (tertiary/aromatic N) is 1. The highest BCUT2D eigenvalue weighted by molar-refractivity contribution is 6.30. The fraction of sp³-hybridized carbons (Fsp3) is 0.353. The summed E-state index contributed by atoms with van der Waals surface area (Å²) < 4.78 is 4.99. The lowest BCUT2D eigenvalue weighted by atomic mass is 10.00. The Hall–Kier alpha value is -2.05. The monoisotopic (exact) mass is 386 g/mol. The minimum Gasteiger partial charge on any atom is -0.475 e. The van der Waals surface area contributed by atoms with Crippen LogP contribution in [0.15, 0.2) is 28.8 Å². The molecule has 0 aliphatic carbocycles. The number of carbonyl (C=O) groups excluding carboxylic acids is 1. The van der Waals surface area contributed by atoms with Gasteiger partial charge in [0, 0.05) is 17.0 Å². The van der Waals surface area contributed by atoms with Gasteiger partial charge >= 0.3 is 5.97 Å². The largest absolute Gasteiger partial charge is 0.475 e. The van der Waals surface area contributed by atoms with E-state index < -0.39 is 12.0 Å². The lowest BCUT2D eigenvalue weighted by molar-refractivity contribution is -0.122. The number of rotatable bonds is 6. The van der Waals surface area contributed by atoms with E-state index in [-0.39, 0.29) is 30.0 Å². The first-order chi connectivity index (χ1) is 11.3. The van der Waals surface area contributed by atoms with Crippen molar-refractivity contribution >= 4 is 35.9 Å². The minimum absolute atomic E-state index is 0. The Morgan fingerprint density at radius 3 is 2.36 bits per heavy atom. The zero-order valence-electron chi connectivity index (χ0n) is 14.1. The number of carboxylic acids is 1. The van der Waals surface area contributed by atoms with Gasteiger partial charge in [-0.15, -0.1) is 12.4 Å². The normalized spacial score (nSPS) is 11.7. The molecule has 25 heavy (non-hydrogen) atoms. The number of benzene rings is 1. The Morgan fingerprint density at radius 1 is 1.24 bits per heavy atom. The van der Waals surface area contributed by atoms with E-state index >= 15 is 0 Å². The van der Waals surface area contributed by atoms with Crippen molar-refractivity contribution in [2.45, 2.75) is 33.2 Å². The molecule has 2 rings (SSSR count). The smallest absolute Gasteiger partial charge is 0.375 e. The zero-order chi connectivity index (χ0) is 17.9. The molecule has 1 aromatic heterocycles. The zero-order valence-corrected chi connectivity index (χ0v) is 15.6. The van der Waals surface area contributed by atoms with Crippen LogP contribution in [0.5, 0.6) is 0 Å². The Kier molecular flexibility index (Phi) is 7.45. The second-order valence-electron chi connectivity index (χ2n) is 5.97. The molecule has 0 radical (unpaired) electrons. The summed E-state index contributed by atoms with van der Waals surface area (Å²) >= 11 is 5.88. The summed E-state index contributed by atoms with van der Waals surface area (Å²) in [5.41, 5.74) is 1.37. The molecule has 2 aromatic rings. The highest BCUT2D eigenvalue weighted by atomic mass is 35.5. The topological polar surface area (TPSA) is 92.4 Å². The van der Waals surface area contributed by atoms with Crippen LogP contribution in [0.2, 0.25) is 5.02 Å². The Labute approximate surface area is 156 Å². The van der Waals surface area contributed by atoms with Gasteiger partial charge in [-0.2, -0.15) is 0 Å². The van der Waals surface area contributed by atoms with Crippen molar-refractivity contribution in [2.75, 3.05) is 0 Å². The van der Waals surface area contributed by atoms with Crippen molar-refractivity contribution in [3.63, 3.8) is 0 Å². The van der Waals surface area contributed by atoms with Gasteiger partial charge in [0.05, 0.1) is 11.6 Å². The molecule has 0 aliphatic heterocycles. The Morgan fingerprint density at radius 2 is 1.84 bits per heavy atom. The van der Waals surface area contributed by atoms with Crippen LogP contribution < -0.4 is 5.32 Å². The van der Waals surface area contributed by atoms with Gasteiger partial charge in [-0.25, -0.2) is 4.79 Å². The second kappa shape index (κ2) is 8.87. The molecule has 2 N–H and O–H groups in total. The van der Waals surface area contributed by atoms with E-state index in [0.29, 0.717) is 28.3 Å². The molecule has 0 aliphatic rings. The number of halogens is 2. The van der Waals surface area contributed by atoms with Crippen LogP contribution in [0, 0.1) is 5.92 Å². The van der Waals surface area contributed by atoms with Crippen molar-refractivity contribution < 1.29 is 19.2 Å². The number of aromatic nitrogens is 1. The van der Waals surface area contributed by atoms with E-state index in [4.69, 9.17) is 16.1 Å². The standard InChI is InChI=1S/C17H19ClN2O4.ClH/c1-9(2)8-13(21)19-10(3)14-15(20-24-16(14)17(22)23)11-4-6-12(18)7-5-11;/h4-7,9-10H,8H2,1-3H3,(H,19,21)(H,22,23);1H/t10-;/m1./s1. The lowest BCUT2D eigenvalue weighted by Gasteiger charge is -2.15. The third-order valence-electron chi connectivity index (χ3n) is 3.44. The summed E-state index contributed by atoms with van der Waals surface area (Å²) in [7, 11) is 0. The fourth-order valence-corrected chi connectivity index (χ4v) is 2.54. The van der Waals surface area contributed by atoms with Crippen LogP contribution in [0.4, 0.5) is 0 Å². The van der Waals surface area contributed by atoms with Gasteiger partial charge in [-0.05, 0) is 25.0 Å². The van der Waals surface area contributed by atoms with Gasteiger partial charge in [0.1, 0.15) is 5.69 Å². The van der Waals surface area contributed by atoms with Crippen molar-refractivity contribution in [2.24, 2.45) is 5.92 Å². The van der Waals surface area contributed by atoms with Crippen molar-refractivity contribution in [3.8, 4) is 11.3 Å². The fourth-order valence-electron chi connectivity index (χ4n) is 2.41. The molecule has 1 heterocycles. The molecule has 0 fully saturated rings. The van der Waals surface area contributed by atoms with E-state index in [0.717, 1.165) is 0 Å². The first-order valence-corrected chi connectivity index (χ1v) is 7.95. The van der Waals surface area contributed by atoms with E-state index in [2.05, 4.69) is 10.5 Å². The quantitative estimate of drug-likeness (QED) is 0.769. The molecule has 1 amide bonds. The van der Waals surface area contributed by atoms with Gasteiger partial charge in [0.2, 0.25) is 11.7 Å². The number of hydrogen-bond donors (Lipinski definition) is 2. The van der Waals surface area contributed by atoms with E-state index in [1.807, 2.05) is 13.8 Å². The van der Waals surface area contributed by atoms with Crippen LogP contribution in [0.3, 0.4) is 0 Å². The average Bonchev–Trinajstić information content (AvgIpc) is 2.92. The molecule has 1 atom stereocenters. The van der Waals surface area contributed by atoms with Gasteiger partial charge < -0.3 is 14.9 Å². The van der Waals surface area contributed by atoms with Crippen LogP contribution in [0.1, 0.15) is 49.4 Å². The molecular weight excluding hydrogens is 367 g/mol. The van der Waals surface area contributed by atoms with Crippen molar-refractivity contribution in [3.05, 3.63) is 40.6 Å². The number of hydrogen-bond acceptors (Lipinski definition) is 4. The molecule has 0 saturated carbocycles. The predicted molar refractivity (Wildman–Crippen MR) is 97.2 cm³/mol. The van der Waals surface area contributed by atoms with Gasteiger partial charge in [0.25, 0.3) is 0 Å². The lowest BCUT2D eigenvalue weighted by Crippen LogP contribution is -2.28. The molecule has 0 saturated heterocycles.